The van der Waals surface area contributed by atoms with Gasteiger partial charge in [0.25, 0.3) is 0 Å². The van der Waals surface area contributed by atoms with E-state index >= 15 is 0 Å². The molecule has 164 valence electrons. The lowest BCUT2D eigenvalue weighted by Crippen LogP contribution is -2.36. The molecule has 4 unspecified atom stereocenters. The van der Waals surface area contributed by atoms with Crippen LogP contribution in [0.15, 0.2) is 24.3 Å². The Bertz CT molecular complexity index is 630. The third kappa shape index (κ3) is 8.96. The highest BCUT2D eigenvalue weighted by Gasteiger charge is 2.25. The normalized spacial score (nSPS) is 22.2. The van der Waals surface area contributed by atoms with Crippen molar-refractivity contribution in [3.05, 3.63) is 35.4 Å². The second-order valence-electron chi connectivity index (χ2n) is 7.38. The van der Waals surface area contributed by atoms with Gasteiger partial charge < -0.3 is 24.1 Å². The van der Waals surface area contributed by atoms with Crippen LogP contribution in [-0.2, 0) is 14.2 Å². The highest BCUT2D eigenvalue weighted by Crippen LogP contribution is 2.23. The standard InChI is InChI=1S/C12H14O4.C11H22O2/c1-3-8(2)16-12(15)10-7-5-4-6-9(10)11(13)14;1-4-6-7-11-12-9(3)8-10(5-2)13-11/h4-8H,3H2,1-2H3,(H,13,14);9-11H,4-8H2,1-3H3/p-1. The number of benzene rings is 1. The van der Waals surface area contributed by atoms with Crippen LogP contribution in [0.3, 0.4) is 0 Å². The topological polar surface area (TPSA) is 84.9 Å². The van der Waals surface area contributed by atoms with Gasteiger partial charge in [0.15, 0.2) is 6.29 Å². The van der Waals surface area contributed by atoms with Crippen LogP contribution >= 0.6 is 0 Å². The number of carboxylic acid groups (broad SMARTS) is 1. The van der Waals surface area contributed by atoms with Crippen molar-refractivity contribution in [1.82, 2.24) is 0 Å². The van der Waals surface area contributed by atoms with Crippen molar-refractivity contribution in [2.45, 2.75) is 97.7 Å². The first-order valence-corrected chi connectivity index (χ1v) is 10.6. The average molecular weight is 408 g/mol. The highest BCUT2D eigenvalue weighted by molar-refractivity contribution is 6.01. The summed E-state index contributed by atoms with van der Waals surface area (Å²) in [6.07, 6.45) is 6.94. The molecule has 0 amide bonds. The molecule has 0 saturated carbocycles. The molecular weight excluding hydrogens is 372 g/mol. The van der Waals surface area contributed by atoms with Crippen LogP contribution in [0.1, 0.15) is 93.9 Å². The lowest BCUT2D eigenvalue weighted by atomic mass is 10.1. The van der Waals surface area contributed by atoms with Crippen LogP contribution in [0.5, 0.6) is 0 Å². The van der Waals surface area contributed by atoms with E-state index in [0.717, 1.165) is 19.3 Å². The largest absolute Gasteiger partial charge is 0.545 e. The van der Waals surface area contributed by atoms with Crippen LogP contribution in [0, 0.1) is 0 Å². The molecule has 0 aliphatic carbocycles. The van der Waals surface area contributed by atoms with Crippen molar-refractivity contribution in [3.63, 3.8) is 0 Å². The number of carbonyl (C=O) groups excluding carboxylic acids is 2. The molecule has 0 bridgehead atoms. The summed E-state index contributed by atoms with van der Waals surface area (Å²) < 4.78 is 16.5. The van der Waals surface area contributed by atoms with Gasteiger partial charge in [-0.15, -0.1) is 0 Å². The second-order valence-corrected chi connectivity index (χ2v) is 7.38. The minimum atomic E-state index is -1.38. The van der Waals surface area contributed by atoms with Gasteiger partial charge in [0.05, 0.1) is 29.8 Å². The van der Waals surface area contributed by atoms with Crippen molar-refractivity contribution >= 4 is 11.9 Å². The number of aromatic carboxylic acids is 1. The van der Waals surface area contributed by atoms with Gasteiger partial charge in [-0.2, -0.15) is 0 Å². The molecule has 1 aliphatic rings. The maximum absolute atomic E-state index is 11.6. The predicted molar refractivity (Wildman–Crippen MR) is 110 cm³/mol. The smallest absolute Gasteiger partial charge is 0.339 e. The molecule has 4 atom stereocenters. The van der Waals surface area contributed by atoms with Gasteiger partial charge in [0.2, 0.25) is 0 Å². The first-order chi connectivity index (χ1) is 13.8. The molecule has 6 heteroatoms. The fourth-order valence-electron chi connectivity index (χ4n) is 2.93. The van der Waals surface area contributed by atoms with Crippen LogP contribution < -0.4 is 5.11 Å². The fraction of sp³-hybridized carbons (Fsp3) is 0.652. The Morgan fingerprint density at radius 1 is 1.17 bits per heavy atom. The molecule has 0 aromatic heterocycles. The zero-order valence-corrected chi connectivity index (χ0v) is 18.3. The Hall–Kier alpha value is -1.92. The molecule has 0 spiro atoms. The second kappa shape index (κ2) is 13.3. The van der Waals surface area contributed by atoms with E-state index in [4.69, 9.17) is 14.2 Å². The summed E-state index contributed by atoms with van der Waals surface area (Å²) in [7, 11) is 0. The van der Waals surface area contributed by atoms with Crippen molar-refractivity contribution in [1.29, 1.82) is 0 Å². The summed E-state index contributed by atoms with van der Waals surface area (Å²) in [5, 5.41) is 10.8. The minimum Gasteiger partial charge on any atom is -0.545 e. The molecule has 2 rings (SSSR count). The molecule has 29 heavy (non-hydrogen) atoms. The fourth-order valence-corrected chi connectivity index (χ4v) is 2.93. The number of carboxylic acids is 1. The third-order valence-corrected chi connectivity index (χ3v) is 4.82. The Kier molecular flexibility index (Phi) is 11.5. The number of carbonyl (C=O) groups is 2. The van der Waals surface area contributed by atoms with E-state index in [2.05, 4.69) is 20.8 Å². The van der Waals surface area contributed by atoms with Crippen LogP contribution in [0.25, 0.3) is 0 Å². The molecule has 1 aromatic carbocycles. The summed E-state index contributed by atoms with van der Waals surface area (Å²) in [4.78, 5) is 22.4. The maximum Gasteiger partial charge on any atom is 0.339 e. The zero-order chi connectivity index (χ0) is 21.8. The molecule has 1 saturated heterocycles. The molecule has 1 aliphatic heterocycles. The van der Waals surface area contributed by atoms with Crippen molar-refractivity contribution in [2.75, 3.05) is 0 Å². The Morgan fingerprint density at radius 2 is 1.83 bits per heavy atom. The molecule has 1 aromatic rings. The molecule has 1 fully saturated rings. The van der Waals surface area contributed by atoms with E-state index in [-0.39, 0.29) is 23.5 Å². The Morgan fingerprint density at radius 3 is 2.38 bits per heavy atom. The summed E-state index contributed by atoms with van der Waals surface area (Å²) >= 11 is 0. The number of ether oxygens (including phenoxy) is 3. The summed E-state index contributed by atoms with van der Waals surface area (Å²) in [6.45, 7) is 10.1. The monoisotopic (exact) mass is 407 g/mol. The van der Waals surface area contributed by atoms with Crippen LogP contribution in [0.4, 0.5) is 0 Å². The van der Waals surface area contributed by atoms with Gasteiger partial charge in [0.1, 0.15) is 0 Å². The van der Waals surface area contributed by atoms with Crippen LogP contribution in [0.2, 0.25) is 0 Å². The van der Waals surface area contributed by atoms with E-state index in [0.29, 0.717) is 18.6 Å². The zero-order valence-electron chi connectivity index (χ0n) is 18.3. The van der Waals surface area contributed by atoms with E-state index < -0.39 is 11.9 Å². The Labute approximate surface area is 174 Å². The van der Waals surface area contributed by atoms with Crippen molar-refractivity contribution < 1.29 is 28.9 Å². The minimum absolute atomic E-state index is 0.0304. The summed E-state index contributed by atoms with van der Waals surface area (Å²) in [5.74, 6) is -2.01. The number of esters is 1. The lowest BCUT2D eigenvalue weighted by molar-refractivity contribution is -0.255. The predicted octanol–water partition coefficient (Wildman–Crippen LogP) is 4.11. The maximum atomic E-state index is 11.6. The first-order valence-electron chi connectivity index (χ1n) is 10.6. The first kappa shape index (κ1) is 25.1. The van der Waals surface area contributed by atoms with E-state index in [1.165, 1.54) is 31.0 Å². The SMILES string of the molecule is CCC(C)OC(=O)c1ccccc1C(=O)[O-].CCCCC1OC(C)CC(CC)O1. The third-order valence-electron chi connectivity index (χ3n) is 4.82. The lowest BCUT2D eigenvalue weighted by Gasteiger charge is -2.33. The van der Waals surface area contributed by atoms with Crippen molar-refractivity contribution in [2.24, 2.45) is 0 Å². The molecule has 6 nitrogen and oxygen atoms in total. The quantitative estimate of drug-likeness (QED) is 0.603. The van der Waals surface area contributed by atoms with Gasteiger partial charge in [-0.3, -0.25) is 0 Å². The molecular formula is C23H35O6-. The molecule has 0 N–H and O–H groups in total. The summed E-state index contributed by atoms with van der Waals surface area (Å²) in [6, 6.07) is 5.85. The van der Waals surface area contributed by atoms with Gasteiger partial charge in [0, 0.05) is 5.56 Å². The van der Waals surface area contributed by atoms with Gasteiger partial charge in [-0.1, -0.05) is 45.4 Å². The van der Waals surface area contributed by atoms with Crippen molar-refractivity contribution in [3.8, 4) is 0 Å². The number of rotatable bonds is 8. The van der Waals surface area contributed by atoms with Gasteiger partial charge >= 0.3 is 5.97 Å². The van der Waals surface area contributed by atoms with E-state index in [1.807, 2.05) is 6.92 Å². The van der Waals surface area contributed by atoms with E-state index in [9.17, 15) is 14.7 Å². The number of hydrogen-bond donors (Lipinski definition) is 0. The van der Waals surface area contributed by atoms with Crippen LogP contribution in [-0.4, -0.2) is 36.5 Å². The summed E-state index contributed by atoms with van der Waals surface area (Å²) in [5.41, 5.74) is -0.112. The Balaban J connectivity index is 0.000000296. The highest BCUT2D eigenvalue weighted by atomic mass is 16.7. The molecule has 1 heterocycles. The van der Waals surface area contributed by atoms with Gasteiger partial charge in [-0.05, 0) is 52.0 Å². The van der Waals surface area contributed by atoms with Gasteiger partial charge in [-0.25, -0.2) is 4.79 Å². The number of hydrogen-bond acceptors (Lipinski definition) is 6. The van der Waals surface area contributed by atoms with E-state index in [1.54, 1.807) is 13.0 Å². The average Bonchev–Trinajstić information content (AvgIpc) is 2.72. The number of unbranched alkanes of at least 4 members (excludes halogenated alkanes) is 1. The molecule has 0 radical (unpaired) electrons.